The van der Waals surface area contributed by atoms with E-state index in [1.807, 2.05) is 18.2 Å². The molecule has 0 spiro atoms. The van der Waals surface area contributed by atoms with Gasteiger partial charge in [-0.25, -0.2) is 18.2 Å². The highest BCUT2D eigenvalue weighted by atomic mass is 35.5. The van der Waals surface area contributed by atoms with E-state index in [4.69, 9.17) is 16.3 Å². The van der Waals surface area contributed by atoms with Gasteiger partial charge in [0, 0.05) is 6.54 Å². The van der Waals surface area contributed by atoms with E-state index < -0.39 is 34.8 Å². The Bertz CT molecular complexity index is 1420. The molecule has 6 nitrogen and oxygen atoms in total. The third-order valence-corrected chi connectivity index (χ3v) is 5.25. The molecule has 2 amide bonds. The minimum Gasteiger partial charge on any atom is -0.456 e. The summed E-state index contributed by atoms with van der Waals surface area (Å²) in [7, 11) is 0. The summed E-state index contributed by atoms with van der Waals surface area (Å²) in [6, 6.07) is 17.1. The molecule has 0 saturated carbocycles. The normalized spacial score (nSPS) is 10.6. The topological polar surface area (TPSA) is 80.3 Å². The largest absolute Gasteiger partial charge is 0.456 e. The second-order valence-corrected chi connectivity index (χ2v) is 7.90. The fourth-order valence-electron chi connectivity index (χ4n) is 3.15. The lowest BCUT2D eigenvalue weighted by atomic mass is 10.1. The number of pyridine rings is 1. The number of para-hydroxylation sites is 1. The van der Waals surface area contributed by atoms with Crippen LogP contribution in [0.5, 0.6) is 11.5 Å². The molecule has 0 aliphatic rings. The molecule has 36 heavy (non-hydrogen) atoms. The SMILES string of the molecule is O=C(NCc1ccc(F)c(F)c1)c1cc(C(=O)Nc2ccc(Oc3ccccc3)cn2)c(Cl)cc1F. The van der Waals surface area contributed by atoms with Crippen LogP contribution in [-0.4, -0.2) is 16.8 Å². The quantitative estimate of drug-likeness (QED) is 0.313. The van der Waals surface area contributed by atoms with E-state index in [9.17, 15) is 22.8 Å². The van der Waals surface area contributed by atoms with E-state index in [-0.39, 0.29) is 28.5 Å². The summed E-state index contributed by atoms with van der Waals surface area (Å²) in [6.07, 6.45) is 1.41. The van der Waals surface area contributed by atoms with Crippen LogP contribution in [0.4, 0.5) is 19.0 Å². The molecule has 182 valence electrons. The molecule has 0 aliphatic carbocycles. The van der Waals surface area contributed by atoms with Gasteiger partial charge in [-0.1, -0.05) is 35.9 Å². The highest BCUT2D eigenvalue weighted by Crippen LogP contribution is 2.24. The van der Waals surface area contributed by atoms with Crippen molar-refractivity contribution in [3.63, 3.8) is 0 Å². The van der Waals surface area contributed by atoms with Crippen LogP contribution in [0, 0.1) is 17.5 Å². The second-order valence-electron chi connectivity index (χ2n) is 7.49. The predicted octanol–water partition coefficient (Wildman–Crippen LogP) is 6.13. The number of aromatic nitrogens is 1. The van der Waals surface area contributed by atoms with Gasteiger partial charge < -0.3 is 15.4 Å². The third kappa shape index (κ3) is 6.00. The number of hydrogen-bond acceptors (Lipinski definition) is 4. The number of amides is 2. The van der Waals surface area contributed by atoms with Crippen LogP contribution in [0.2, 0.25) is 5.02 Å². The fourth-order valence-corrected chi connectivity index (χ4v) is 3.38. The maximum atomic E-state index is 14.4. The van der Waals surface area contributed by atoms with Gasteiger partial charge in [0.05, 0.1) is 22.3 Å². The zero-order chi connectivity index (χ0) is 25.7. The highest BCUT2D eigenvalue weighted by Gasteiger charge is 2.20. The lowest BCUT2D eigenvalue weighted by Crippen LogP contribution is -2.25. The number of ether oxygens (including phenoxy) is 1. The number of rotatable bonds is 7. The van der Waals surface area contributed by atoms with Crippen LogP contribution < -0.4 is 15.4 Å². The summed E-state index contributed by atoms with van der Waals surface area (Å²) in [5, 5.41) is 4.70. The van der Waals surface area contributed by atoms with Gasteiger partial charge in [0.1, 0.15) is 23.1 Å². The zero-order valence-corrected chi connectivity index (χ0v) is 19.2. The number of benzene rings is 3. The minimum atomic E-state index is -1.08. The van der Waals surface area contributed by atoms with Crippen molar-refractivity contribution in [1.82, 2.24) is 10.3 Å². The molecule has 0 radical (unpaired) electrons. The Labute approximate surface area is 208 Å². The summed E-state index contributed by atoms with van der Waals surface area (Å²) in [5.74, 6) is -3.43. The van der Waals surface area contributed by atoms with E-state index in [1.54, 1.807) is 18.2 Å². The van der Waals surface area contributed by atoms with E-state index >= 15 is 0 Å². The first-order valence-electron chi connectivity index (χ1n) is 10.5. The molecule has 4 rings (SSSR count). The zero-order valence-electron chi connectivity index (χ0n) is 18.4. The first-order valence-corrected chi connectivity index (χ1v) is 10.9. The van der Waals surface area contributed by atoms with Crippen LogP contribution in [0.25, 0.3) is 0 Å². The summed E-state index contributed by atoms with van der Waals surface area (Å²) >= 11 is 6.04. The van der Waals surface area contributed by atoms with Gasteiger partial charge in [-0.15, -0.1) is 0 Å². The van der Waals surface area contributed by atoms with Crippen LogP contribution >= 0.6 is 11.6 Å². The second kappa shape index (κ2) is 10.9. The number of nitrogens with one attached hydrogen (secondary N) is 2. The molecule has 3 aromatic carbocycles. The monoisotopic (exact) mass is 511 g/mol. The summed E-state index contributed by atoms with van der Waals surface area (Å²) in [4.78, 5) is 29.4. The van der Waals surface area contributed by atoms with Crippen LogP contribution in [-0.2, 0) is 6.54 Å². The first-order chi connectivity index (χ1) is 17.3. The van der Waals surface area contributed by atoms with Crippen LogP contribution in [0.3, 0.4) is 0 Å². The third-order valence-electron chi connectivity index (χ3n) is 4.94. The number of carbonyl (C=O) groups excluding carboxylic acids is 2. The average Bonchev–Trinajstić information content (AvgIpc) is 2.86. The van der Waals surface area contributed by atoms with E-state index in [0.717, 1.165) is 24.3 Å². The Morgan fingerprint density at radius 2 is 1.58 bits per heavy atom. The molecule has 0 saturated heterocycles. The van der Waals surface area contributed by atoms with Crippen molar-refractivity contribution in [2.45, 2.75) is 6.54 Å². The molecular weight excluding hydrogens is 495 g/mol. The van der Waals surface area contributed by atoms with Gasteiger partial charge in [0.25, 0.3) is 11.8 Å². The van der Waals surface area contributed by atoms with E-state index in [1.165, 1.54) is 18.3 Å². The molecule has 2 N–H and O–H groups in total. The van der Waals surface area contributed by atoms with Gasteiger partial charge in [-0.05, 0) is 54.1 Å². The molecule has 10 heteroatoms. The number of carbonyl (C=O) groups is 2. The number of nitrogens with zero attached hydrogens (tertiary/aromatic N) is 1. The van der Waals surface area contributed by atoms with Crippen molar-refractivity contribution in [2.75, 3.05) is 5.32 Å². The van der Waals surface area contributed by atoms with Gasteiger partial charge in [-0.3, -0.25) is 9.59 Å². The molecule has 0 unspecified atom stereocenters. The van der Waals surface area contributed by atoms with E-state index in [2.05, 4.69) is 15.6 Å². The summed E-state index contributed by atoms with van der Waals surface area (Å²) in [5.41, 5.74) is -0.352. The van der Waals surface area contributed by atoms with Gasteiger partial charge in [0.15, 0.2) is 11.6 Å². The van der Waals surface area contributed by atoms with Gasteiger partial charge >= 0.3 is 0 Å². The lowest BCUT2D eigenvalue weighted by Gasteiger charge is -2.11. The summed E-state index contributed by atoms with van der Waals surface area (Å²) in [6.45, 7) is -0.194. The Kier molecular flexibility index (Phi) is 7.50. The highest BCUT2D eigenvalue weighted by molar-refractivity contribution is 6.34. The molecular formula is C26H17ClF3N3O3. The smallest absolute Gasteiger partial charge is 0.258 e. The number of anilines is 1. The maximum Gasteiger partial charge on any atom is 0.258 e. The van der Waals surface area contributed by atoms with Gasteiger partial charge in [-0.2, -0.15) is 0 Å². The van der Waals surface area contributed by atoms with Crippen molar-refractivity contribution in [3.8, 4) is 11.5 Å². The number of hydrogen-bond donors (Lipinski definition) is 2. The standard InChI is InChI=1S/C26H17ClF3N3O3/c27-20-12-22(29)19(25(34)32-13-15-6-8-21(28)23(30)10-15)11-18(20)26(35)33-24-9-7-17(14-31-24)36-16-4-2-1-3-5-16/h1-12,14H,13H2,(H,32,34)(H,31,33,35). The van der Waals surface area contributed by atoms with Crippen molar-refractivity contribution < 1.29 is 27.5 Å². The molecule has 0 bridgehead atoms. The Morgan fingerprint density at radius 1 is 0.806 bits per heavy atom. The molecule has 1 aromatic heterocycles. The summed E-state index contributed by atoms with van der Waals surface area (Å²) < 4.78 is 46.5. The van der Waals surface area contributed by atoms with Crippen LogP contribution in [0.15, 0.2) is 79.0 Å². The van der Waals surface area contributed by atoms with Crippen molar-refractivity contribution in [1.29, 1.82) is 0 Å². The predicted molar refractivity (Wildman–Crippen MR) is 128 cm³/mol. The van der Waals surface area contributed by atoms with Crippen LogP contribution in [0.1, 0.15) is 26.3 Å². The van der Waals surface area contributed by atoms with Crippen molar-refractivity contribution in [2.24, 2.45) is 0 Å². The Balaban J connectivity index is 1.44. The Morgan fingerprint density at radius 3 is 2.28 bits per heavy atom. The molecule has 1 heterocycles. The maximum absolute atomic E-state index is 14.4. The van der Waals surface area contributed by atoms with Crippen molar-refractivity contribution >= 4 is 29.2 Å². The van der Waals surface area contributed by atoms with E-state index in [0.29, 0.717) is 11.5 Å². The first kappa shape index (κ1) is 24.7. The average molecular weight is 512 g/mol. The van der Waals surface area contributed by atoms with Gasteiger partial charge in [0.2, 0.25) is 0 Å². The Hall–Kier alpha value is -4.37. The molecule has 4 aromatic rings. The fraction of sp³-hybridized carbons (Fsp3) is 0.0385. The molecule has 0 fully saturated rings. The minimum absolute atomic E-state index is 0.164. The van der Waals surface area contributed by atoms with Crippen molar-refractivity contribution in [3.05, 3.63) is 118 Å². The lowest BCUT2D eigenvalue weighted by molar-refractivity contribution is 0.0947. The molecule has 0 aliphatic heterocycles. The molecule has 0 atom stereocenters. The number of halogens is 4.